The predicted molar refractivity (Wildman–Crippen MR) is 184 cm³/mol. The van der Waals surface area contributed by atoms with Crippen molar-refractivity contribution in [3.63, 3.8) is 0 Å². The average Bonchev–Trinajstić information content (AvgIpc) is 3.36. The van der Waals surface area contributed by atoms with Gasteiger partial charge in [0.1, 0.15) is 40.1 Å². The minimum absolute atomic E-state index is 0.00464. The molecule has 2 aromatic rings. The van der Waals surface area contributed by atoms with Crippen molar-refractivity contribution in [2.45, 2.75) is 116 Å². The Morgan fingerprint density at radius 3 is 2.20 bits per heavy atom. The van der Waals surface area contributed by atoms with Crippen LogP contribution < -0.4 is 15.4 Å². The number of hydrogen-bond donors (Lipinski definition) is 3. The highest BCUT2D eigenvalue weighted by Crippen LogP contribution is 2.65. The van der Waals surface area contributed by atoms with E-state index < -0.39 is 59.7 Å². The molecule has 3 saturated carbocycles. The lowest BCUT2D eigenvalue weighted by Crippen LogP contribution is -2.65. The number of phenols is 1. The number of amides is 2. The SMILES string of the molecule is COc1c(C[C@H](NC(=O)[C@H](NC(=O)OC(C)(C)C)c2ccc(O)cc2)B2O[C@@H]3C[C@@H]4C[C@@H](C4(C)C)[C@]3(C)O2)ccc(F)c1C(=O)OC(C)(C)C. The maximum atomic E-state index is 15.3. The molecule has 13 heteroatoms. The van der Waals surface area contributed by atoms with Crippen LogP contribution in [0.3, 0.4) is 0 Å². The Bertz CT molecular complexity index is 1620. The van der Waals surface area contributed by atoms with Gasteiger partial charge in [0.15, 0.2) is 0 Å². The van der Waals surface area contributed by atoms with Crippen molar-refractivity contribution in [1.29, 1.82) is 0 Å². The maximum absolute atomic E-state index is 15.3. The van der Waals surface area contributed by atoms with Crippen LogP contribution in [0.1, 0.15) is 103 Å². The molecule has 0 spiro atoms. The second kappa shape index (κ2) is 13.4. The first kappa shape index (κ1) is 37.4. The lowest BCUT2D eigenvalue weighted by molar-refractivity contribution is -0.199. The molecule has 2 aromatic carbocycles. The van der Waals surface area contributed by atoms with Gasteiger partial charge in [-0.05, 0) is 114 Å². The number of phenolic OH excluding ortho intramolecular Hbond substituents is 1. The summed E-state index contributed by atoms with van der Waals surface area (Å²) in [6.45, 7) is 16.7. The molecular weight excluding hydrogens is 646 g/mol. The summed E-state index contributed by atoms with van der Waals surface area (Å²) >= 11 is 0. The van der Waals surface area contributed by atoms with Gasteiger partial charge < -0.3 is 39.3 Å². The molecule has 1 saturated heterocycles. The first-order valence-corrected chi connectivity index (χ1v) is 17.1. The van der Waals surface area contributed by atoms with Gasteiger partial charge in [0.2, 0.25) is 5.91 Å². The molecule has 1 aliphatic heterocycles. The number of nitrogens with one attached hydrogen (secondary N) is 2. The van der Waals surface area contributed by atoms with Crippen molar-refractivity contribution in [2.75, 3.05) is 7.11 Å². The maximum Gasteiger partial charge on any atom is 0.482 e. The summed E-state index contributed by atoms with van der Waals surface area (Å²) < 4.78 is 45.2. The van der Waals surface area contributed by atoms with Crippen LogP contribution in [0.2, 0.25) is 0 Å². The van der Waals surface area contributed by atoms with Crippen molar-refractivity contribution in [3.8, 4) is 11.5 Å². The second-order valence-corrected chi connectivity index (χ2v) is 16.4. The Labute approximate surface area is 294 Å². The van der Waals surface area contributed by atoms with Gasteiger partial charge >= 0.3 is 19.2 Å². The van der Waals surface area contributed by atoms with Crippen LogP contribution >= 0.6 is 0 Å². The van der Waals surface area contributed by atoms with Crippen molar-refractivity contribution in [3.05, 3.63) is 58.9 Å². The van der Waals surface area contributed by atoms with Gasteiger partial charge in [-0.25, -0.2) is 14.0 Å². The van der Waals surface area contributed by atoms with Gasteiger partial charge in [0.25, 0.3) is 0 Å². The molecule has 3 N–H and O–H groups in total. The van der Waals surface area contributed by atoms with E-state index in [9.17, 15) is 19.5 Å². The number of ether oxygens (including phenoxy) is 3. The number of hydrogen-bond acceptors (Lipinski definition) is 9. The largest absolute Gasteiger partial charge is 0.508 e. The van der Waals surface area contributed by atoms with E-state index in [1.807, 2.05) is 0 Å². The highest BCUT2D eigenvalue weighted by molar-refractivity contribution is 6.48. The zero-order chi connectivity index (χ0) is 37.0. The first-order chi connectivity index (χ1) is 23.1. The highest BCUT2D eigenvalue weighted by atomic mass is 19.1. The monoisotopic (exact) mass is 696 g/mol. The standard InChI is InChI=1S/C37H50BFN2O9/c1-34(2,3)47-32(44)28-24(39)16-13-21(30(28)46-10)17-27(38-49-26-19-22-18-25(36(22,7)8)37(26,9)50-38)40-31(43)29(20-11-14-23(42)15-12-20)41-33(45)48-35(4,5)6/h11-16,22,25-27,29,42H,17-19H2,1-10H3,(H,40,43)(H,41,45)/t22-,25-,26+,27-,29+,37-/m0/s1. The molecule has 0 aromatic heterocycles. The fourth-order valence-corrected chi connectivity index (χ4v) is 7.70. The van der Waals surface area contributed by atoms with Crippen LogP contribution in [0.25, 0.3) is 0 Å². The number of rotatable bonds is 9. The van der Waals surface area contributed by atoms with E-state index >= 15 is 4.39 Å². The van der Waals surface area contributed by atoms with E-state index in [-0.39, 0.29) is 40.9 Å². The van der Waals surface area contributed by atoms with E-state index in [2.05, 4.69) is 31.4 Å². The number of benzene rings is 2. The molecule has 6 rings (SSSR count). The third-order valence-corrected chi connectivity index (χ3v) is 10.2. The molecule has 4 fully saturated rings. The summed E-state index contributed by atoms with van der Waals surface area (Å²) in [5.41, 5.74) is -1.87. The molecule has 6 atom stereocenters. The molecule has 2 amide bonds. The third kappa shape index (κ3) is 7.58. The fraction of sp³-hybridized carbons (Fsp3) is 0.595. The zero-order valence-electron chi connectivity index (χ0n) is 30.6. The summed E-state index contributed by atoms with van der Waals surface area (Å²) in [7, 11) is 0.393. The van der Waals surface area contributed by atoms with Gasteiger partial charge in [-0.15, -0.1) is 0 Å². The number of carbonyl (C=O) groups excluding carboxylic acids is 3. The van der Waals surface area contributed by atoms with Crippen LogP contribution in [0.4, 0.5) is 9.18 Å². The fourth-order valence-electron chi connectivity index (χ4n) is 7.70. The zero-order valence-corrected chi connectivity index (χ0v) is 30.6. The van der Waals surface area contributed by atoms with Gasteiger partial charge in [0.05, 0.1) is 24.8 Å². The van der Waals surface area contributed by atoms with Crippen LogP contribution in [-0.2, 0) is 30.0 Å². The summed E-state index contributed by atoms with van der Waals surface area (Å²) in [4.78, 5) is 40.4. The molecule has 3 aliphatic carbocycles. The summed E-state index contributed by atoms with van der Waals surface area (Å²) in [5, 5.41) is 15.6. The number of aromatic hydroxyl groups is 1. The quantitative estimate of drug-likeness (QED) is 0.211. The molecule has 11 nitrogen and oxygen atoms in total. The van der Waals surface area contributed by atoms with E-state index in [0.717, 1.165) is 18.9 Å². The summed E-state index contributed by atoms with van der Waals surface area (Å²) in [5.74, 6) is -2.56. The Kier molecular flexibility index (Phi) is 10.0. The third-order valence-electron chi connectivity index (χ3n) is 10.2. The first-order valence-electron chi connectivity index (χ1n) is 17.1. The van der Waals surface area contributed by atoms with E-state index in [0.29, 0.717) is 17.0 Å². The van der Waals surface area contributed by atoms with Crippen molar-refractivity contribution >= 4 is 25.1 Å². The number of halogens is 1. The lowest BCUT2D eigenvalue weighted by Gasteiger charge is -2.64. The Morgan fingerprint density at radius 1 is 0.980 bits per heavy atom. The minimum Gasteiger partial charge on any atom is -0.508 e. The van der Waals surface area contributed by atoms with Crippen LogP contribution in [0, 0.1) is 23.1 Å². The smallest absolute Gasteiger partial charge is 0.482 e. The van der Waals surface area contributed by atoms with Crippen LogP contribution in [-0.4, -0.2) is 66.2 Å². The van der Waals surface area contributed by atoms with Gasteiger partial charge in [-0.2, -0.15) is 0 Å². The molecule has 0 unspecified atom stereocenters. The molecule has 272 valence electrons. The van der Waals surface area contributed by atoms with Crippen molar-refractivity contribution in [1.82, 2.24) is 10.6 Å². The molecule has 50 heavy (non-hydrogen) atoms. The number of esters is 1. The molecule has 1 heterocycles. The normalized spacial score (nSPS) is 25.0. The minimum atomic E-state index is -1.24. The second-order valence-electron chi connectivity index (χ2n) is 16.4. The molecule has 2 bridgehead atoms. The van der Waals surface area contributed by atoms with Gasteiger partial charge in [-0.3, -0.25) is 4.79 Å². The number of methoxy groups -OCH3 is 1. The molecule has 0 radical (unpaired) electrons. The predicted octanol–water partition coefficient (Wildman–Crippen LogP) is 6.06. The van der Waals surface area contributed by atoms with Gasteiger partial charge in [0, 0.05) is 0 Å². The molecule has 4 aliphatic rings. The highest BCUT2D eigenvalue weighted by Gasteiger charge is 2.68. The summed E-state index contributed by atoms with van der Waals surface area (Å²) in [6.07, 6.45) is 0.782. The number of alkyl carbamates (subject to hydrolysis) is 1. The summed E-state index contributed by atoms with van der Waals surface area (Å²) in [6, 6.07) is 7.27. The van der Waals surface area contributed by atoms with Crippen LogP contribution in [0.5, 0.6) is 11.5 Å². The molecular formula is C37H50BFN2O9. The van der Waals surface area contributed by atoms with E-state index in [1.54, 1.807) is 41.5 Å². The Balaban J connectivity index is 1.51. The van der Waals surface area contributed by atoms with Gasteiger partial charge in [-0.1, -0.05) is 32.0 Å². The van der Waals surface area contributed by atoms with Crippen molar-refractivity contribution in [2.24, 2.45) is 17.3 Å². The number of carbonyl (C=O) groups is 3. The van der Waals surface area contributed by atoms with Crippen molar-refractivity contribution < 1.29 is 47.4 Å². The Hall–Kier alpha value is -3.84. The average molecular weight is 697 g/mol. The van der Waals surface area contributed by atoms with E-state index in [1.165, 1.54) is 37.4 Å². The van der Waals surface area contributed by atoms with E-state index in [4.69, 9.17) is 23.5 Å². The topological polar surface area (TPSA) is 142 Å². The lowest BCUT2D eigenvalue weighted by atomic mass is 9.43. The Morgan fingerprint density at radius 2 is 1.62 bits per heavy atom. The van der Waals surface area contributed by atoms with Crippen LogP contribution in [0.15, 0.2) is 36.4 Å².